The van der Waals surface area contributed by atoms with Gasteiger partial charge in [-0.3, -0.25) is 4.79 Å². The van der Waals surface area contributed by atoms with E-state index < -0.39 is 0 Å². The van der Waals surface area contributed by atoms with Gasteiger partial charge >= 0.3 is 0 Å². The second-order valence-electron chi connectivity index (χ2n) is 3.15. The molecule has 1 aromatic rings. The number of carbonyl (C=O) groups is 1. The molecular formula is C12H14O. The lowest BCUT2D eigenvalue weighted by Gasteiger charge is -2.04. The zero-order chi connectivity index (χ0) is 9.68. The molecular weight excluding hydrogens is 160 g/mol. The molecule has 0 heterocycles. The summed E-state index contributed by atoms with van der Waals surface area (Å²) in [5.41, 5.74) is 1.07. The van der Waals surface area contributed by atoms with Crippen LogP contribution in [0.3, 0.4) is 0 Å². The van der Waals surface area contributed by atoms with Crippen molar-refractivity contribution in [1.29, 1.82) is 0 Å². The molecule has 1 heteroatoms. The molecule has 0 fully saturated rings. The van der Waals surface area contributed by atoms with E-state index in [0.717, 1.165) is 5.56 Å². The lowest BCUT2D eigenvalue weighted by molar-refractivity contribution is -0.120. The predicted octanol–water partition coefficient (Wildman–Crippen LogP) is 2.62. The first-order chi connectivity index (χ1) is 6.24. The minimum Gasteiger partial charge on any atom is -0.299 e. The normalized spacial score (nSPS) is 12.1. The highest BCUT2D eigenvalue weighted by Gasteiger charge is 2.08. The third-order valence-corrected chi connectivity index (χ3v) is 2.08. The monoisotopic (exact) mass is 174 g/mol. The van der Waals surface area contributed by atoms with E-state index in [-0.39, 0.29) is 11.7 Å². The summed E-state index contributed by atoms with van der Waals surface area (Å²) < 4.78 is 0. The van der Waals surface area contributed by atoms with Crippen LogP contribution in [0, 0.1) is 5.92 Å². The summed E-state index contributed by atoms with van der Waals surface area (Å²) in [4.78, 5) is 11.5. The zero-order valence-electron chi connectivity index (χ0n) is 7.86. The summed E-state index contributed by atoms with van der Waals surface area (Å²) in [5.74, 6) is 0.182. The predicted molar refractivity (Wildman–Crippen MR) is 54.5 cm³/mol. The molecule has 0 saturated heterocycles. The van der Waals surface area contributed by atoms with E-state index in [4.69, 9.17) is 0 Å². The molecule has 1 aromatic carbocycles. The molecule has 0 aromatic heterocycles. The second-order valence-corrected chi connectivity index (χ2v) is 3.15. The van der Waals surface area contributed by atoms with Crippen molar-refractivity contribution in [2.75, 3.05) is 0 Å². The summed E-state index contributed by atoms with van der Waals surface area (Å²) in [7, 11) is 0. The number of carbonyl (C=O) groups excluding carboxylic acids is 1. The Labute approximate surface area is 79.1 Å². The van der Waals surface area contributed by atoms with Crippen molar-refractivity contribution in [3.63, 3.8) is 0 Å². The Balaban J connectivity index is 2.60. The average molecular weight is 174 g/mol. The van der Waals surface area contributed by atoms with Crippen molar-refractivity contribution in [1.82, 2.24) is 0 Å². The van der Waals surface area contributed by atoms with Crippen molar-refractivity contribution in [3.8, 4) is 0 Å². The molecule has 0 saturated carbocycles. The smallest absolute Gasteiger partial charge is 0.143 e. The van der Waals surface area contributed by atoms with Crippen LogP contribution in [-0.4, -0.2) is 5.78 Å². The van der Waals surface area contributed by atoms with Crippen LogP contribution in [0.5, 0.6) is 0 Å². The standard InChI is InChI=1S/C12H14O/c1-3-10(2)12(13)9-11-7-5-4-6-8-11/h3-8,10H,1,9H2,2H3. The minimum atomic E-state index is -0.0415. The van der Waals surface area contributed by atoms with Gasteiger partial charge in [0.15, 0.2) is 0 Å². The lowest BCUT2D eigenvalue weighted by Crippen LogP contribution is -2.10. The van der Waals surface area contributed by atoms with E-state index in [1.807, 2.05) is 37.3 Å². The van der Waals surface area contributed by atoms with E-state index in [1.165, 1.54) is 0 Å². The minimum absolute atomic E-state index is 0.0415. The van der Waals surface area contributed by atoms with Crippen LogP contribution in [0.4, 0.5) is 0 Å². The summed E-state index contributed by atoms with van der Waals surface area (Å²) in [6, 6.07) is 9.77. The summed E-state index contributed by atoms with van der Waals surface area (Å²) in [6.45, 7) is 5.48. The maximum absolute atomic E-state index is 11.5. The van der Waals surface area contributed by atoms with E-state index in [9.17, 15) is 4.79 Å². The van der Waals surface area contributed by atoms with Crippen LogP contribution in [0.1, 0.15) is 12.5 Å². The molecule has 0 spiro atoms. The van der Waals surface area contributed by atoms with Gasteiger partial charge in [0.2, 0.25) is 0 Å². The van der Waals surface area contributed by atoms with Crippen LogP contribution in [-0.2, 0) is 11.2 Å². The Kier molecular flexibility index (Phi) is 3.44. The van der Waals surface area contributed by atoms with Gasteiger partial charge in [0.1, 0.15) is 5.78 Å². The zero-order valence-corrected chi connectivity index (χ0v) is 7.86. The Morgan fingerprint density at radius 3 is 2.62 bits per heavy atom. The molecule has 1 unspecified atom stereocenters. The first kappa shape index (κ1) is 9.72. The van der Waals surface area contributed by atoms with Crippen molar-refractivity contribution in [2.24, 2.45) is 5.92 Å². The number of ketones is 1. The Morgan fingerprint density at radius 1 is 1.46 bits per heavy atom. The van der Waals surface area contributed by atoms with Crippen molar-refractivity contribution in [3.05, 3.63) is 48.6 Å². The van der Waals surface area contributed by atoms with Gasteiger partial charge in [0.25, 0.3) is 0 Å². The molecule has 0 aliphatic carbocycles. The van der Waals surface area contributed by atoms with Crippen LogP contribution >= 0.6 is 0 Å². The average Bonchev–Trinajstić information content (AvgIpc) is 2.18. The molecule has 1 rings (SSSR count). The fraction of sp³-hybridized carbons (Fsp3) is 0.250. The Hall–Kier alpha value is -1.37. The Morgan fingerprint density at radius 2 is 2.08 bits per heavy atom. The fourth-order valence-electron chi connectivity index (χ4n) is 1.09. The van der Waals surface area contributed by atoms with Crippen LogP contribution in [0.2, 0.25) is 0 Å². The SMILES string of the molecule is C=CC(C)C(=O)Cc1ccccc1. The molecule has 0 N–H and O–H groups in total. The largest absolute Gasteiger partial charge is 0.299 e. The highest BCUT2D eigenvalue weighted by Crippen LogP contribution is 2.06. The molecule has 0 amide bonds. The van der Waals surface area contributed by atoms with Crippen LogP contribution < -0.4 is 0 Å². The number of allylic oxidation sites excluding steroid dienone is 1. The number of rotatable bonds is 4. The van der Waals surface area contributed by atoms with Gasteiger partial charge in [0.05, 0.1) is 0 Å². The third kappa shape index (κ3) is 2.86. The molecule has 0 radical (unpaired) electrons. The van der Waals surface area contributed by atoms with Gasteiger partial charge in [-0.25, -0.2) is 0 Å². The molecule has 0 bridgehead atoms. The number of benzene rings is 1. The van der Waals surface area contributed by atoms with Gasteiger partial charge < -0.3 is 0 Å². The van der Waals surface area contributed by atoms with E-state index in [1.54, 1.807) is 6.08 Å². The summed E-state index contributed by atoms with van der Waals surface area (Å²) in [5, 5.41) is 0. The summed E-state index contributed by atoms with van der Waals surface area (Å²) >= 11 is 0. The van der Waals surface area contributed by atoms with Gasteiger partial charge in [-0.15, -0.1) is 6.58 Å². The van der Waals surface area contributed by atoms with Crippen molar-refractivity contribution >= 4 is 5.78 Å². The highest BCUT2D eigenvalue weighted by atomic mass is 16.1. The number of hydrogen-bond donors (Lipinski definition) is 0. The van der Waals surface area contributed by atoms with Gasteiger partial charge in [-0.2, -0.15) is 0 Å². The van der Waals surface area contributed by atoms with Crippen LogP contribution in [0.25, 0.3) is 0 Å². The molecule has 0 aliphatic heterocycles. The molecule has 0 aliphatic rings. The highest BCUT2D eigenvalue weighted by molar-refractivity contribution is 5.84. The molecule has 1 nitrogen and oxygen atoms in total. The quantitative estimate of drug-likeness (QED) is 0.641. The fourth-order valence-corrected chi connectivity index (χ4v) is 1.09. The third-order valence-electron chi connectivity index (χ3n) is 2.08. The van der Waals surface area contributed by atoms with E-state index in [0.29, 0.717) is 6.42 Å². The molecule has 1 atom stereocenters. The van der Waals surface area contributed by atoms with Gasteiger partial charge in [-0.05, 0) is 5.56 Å². The lowest BCUT2D eigenvalue weighted by atomic mass is 10.00. The van der Waals surface area contributed by atoms with Crippen molar-refractivity contribution in [2.45, 2.75) is 13.3 Å². The molecule has 13 heavy (non-hydrogen) atoms. The first-order valence-corrected chi connectivity index (χ1v) is 4.43. The first-order valence-electron chi connectivity index (χ1n) is 4.43. The topological polar surface area (TPSA) is 17.1 Å². The van der Waals surface area contributed by atoms with Crippen LogP contribution in [0.15, 0.2) is 43.0 Å². The summed E-state index contributed by atoms with van der Waals surface area (Å²) in [6.07, 6.45) is 2.19. The van der Waals surface area contributed by atoms with E-state index in [2.05, 4.69) is 6.58 Å². The number of hydrogen-bond acceptors (Lipinski definition) is 1. The molecule has 68 valence electrons. The van der Waals surface area contributed by atoms with Gasteiger partial charge in [-0.1, -0.05) is 43.3 Å². The maximum atomic E-state index is 11.5. The maximum Gasteiger partial charge on any atom is 0.143 e. The second kappa shape index (κ2) is 4.61. The van der Waals surface area contributed by atoms with Gasteiger partial charge in [0, 0.05) is 12.3 Å². The van der Waals surface area contributed by atoms with Crippen molar-refractivity contribution < 1.29 is 4.79 Å². The van der Waals surface area contributed by atoms with E-state index >= 15 is 0 Å². The number of Topliss-reactive ketones (excluding diaryl/α,β-unsaturated/α-hetero) is 1. The Bertz CT molecular complexity index is 287.